The smallest absolute Gasteiger partial charge is 0.312 e. The van der Waals surface area contributed by atoms with Crippen LogP contribution < -0.4 is 21.7 Å². The van der Waals surface area contributed by atoms with Gasteiger partial charge in [0.1, 0.15) is 6.29 Å². The Bertz CT molecular complexity index is 914. The second kappa shape index (κ2) is 18.9. The van der Waals surface area contributed by atoms with Crippen LogP contribution in [0.1, 0.15) is 91.0 Å². The van der Waals surface area contributed by atoms with Crippen LogP contribution in [0.3, 0.4) is 0 Å². The monoisotopic (exact) mass is 544 g/mol. The lowest BCUT2D eigenvalue weighted by Crippen LogP contribution is -2.45. The van der Waals surface area contributed by atoms with Crippen LogP contribution >= 0.6 is 0 Å². The Morgan fingerprint density at radius 1 is 0.923 bits per heavy atom. The van der Waals surface area contributed by atoms with E-state index in [2.05, 4.69) is 29.8 Å². The van der Waals surface area contributed by atoms with Crippen molar-refractivity contribution in [2.75, 3.05) is 11.9 Å². The standard InChI is InChI=1S/C30H48N4O5/c1-21(2)10-6-5-7-13-27(37)34-28(22(3)4)26(36)20-24(12-8-18-32-30(31)39)29(38)33-25-16-14-23(15-17-25)11-9-19-35/h14-17,19,21-22,24,28H,5-13,18,20H2,1-4H3,(H,33,38)(H,34,37)(H3,31,32,39)/t24-,28+/m1/s1. The SMILES string of the molecule is CC(C)CCCCCC(=O)N[C@H](C(=O)C[C@@H](CCCNC(N)=O)C(=O)Nc1ccc(CCC=O)cc1)C(C)C. The number of nitrogens with one attached hydrogen (secondary N) is 3. The van der Waals surface area contributed by atoms with Gasteiger partial charge in [0.05, 0.1) is 6.04 Å². The topological polar surface area (TPSA) is 147 Å². The molecular weight excluding hydrogens is 496 g/mol. The molecule has 4 amide bonds. The molecule has 0 heterocycles. The summed E-state index contributed by atoms with van der Waals surface area (Å²) >= 11 is 0. The lowest BCUT2D eigenvalue weighted by molar-refractivity contribution is -0.131. The van der Waals surface area contributed by atoms with Crippen molar-refractivity contribution in [2.45, 2.75) is 97.9 Å². The molecule has 9 heteroatoms. The summed E-state index contributed by atoms with van der Waals surface area (Å²) in [5.41, 5.74) is 6.71. The Morgan fingerprint density at radius 2 is 1.62 bits per heavy atom. The fraction of sp³-hybridized carbons (Fsp3) is 0.633. The summed E-state index contributed by atoms with van der Waals surface area (Å²) < 4.78 is 0. The molecule has 0 aromatic heterocycles. The molecule has 0 aliphatic rings. The van der Waals surface area contributed by atoms with Crippen molar-refractivity contribution in [2.24, 2.45) is 23.5 Å². The predicted molar refractivity (Wildman–Crippen MR) is 154 cm³/mol. The number of hydrogen-bond acceptors (Lipinski definition) is 5. The van der Waals surface area contributed by atoms with E-state index in [0.717, 1.165) is 37.5 Å². The number of ketones is 1. The van der Waals surface area contributed by atoms with Crippen LogP contribution in [0.4, 0.5) is 10.5 Å². The van der Waals surface area contributed by atoms with Crippen LogP contribution in [-0.4, -0.2) is 42.5 Å². The summed E-state index contributed by atoms with van der Waals surface area (Å²) in [4.78, 5) is 60.7. The molecule has 0 unspecified atom stereocenters. The first-order valence-electron chi connectivity index (χ1n) is 14.2. The van der Waals surface area contributed by atoms with Gasteiger partial charge in [-0.3, -0.25) is 14.4 Å². The maximum Gasteiger partial charge on any atom is 0.312 e. The Hall–Kier alpha value is -3.23. The van der Waals surface area contributed by atoms with Crippen LogP contribution in [-0.2, 0) is 25.6 Å². The van der Waals surface area contributed by atoms with Crippen molar-refractivity contribution >= 4 is 35.6 Å². The number of aldehydes is 1. The van der Waals surface area contributed by atoms with Crippen LogP contribution in [0.5, 0.6) is 0 Å². The van der Waals surface area contributed by atoms with E-state index >= 15 is 0 Å². The number of nitrogens with two attached hydrogens (primary N) is 1. The van der Waals surface area contributed by atoms with Crippen molar-refractivity contribution < 1.29 is 24.0 Å². The number of amides is 4. The van der Waals surface area contributed by atoms with Gasteiger partial charge in [0.15, 0.2) is 5.78 Å². The Labute approximate surface area is 233 Å². The van der Waals surface area contributed by atoms with Gasteiger partial charge >= 0.3 is 6.03 Å². The van der Waals surface area contributed by atoms with E-state index in [1.807, 2.05) is 26.0 Å². The van der Waals surface area contributed by atoms with Gasteiger partial charge < -0.3 is 26.5 Å². The lowest BCUT2D eigenvalue weighted by atomic mass is 9.89. The highest BCUT2D eigenvalue weighted by Gasteiger charge is 2.29. The fourth-order valence-electron chi connectivity index (χ4n) is 4.36. The van der Waals surface area contributed by atoms with Crippen molar-refractivity contribution in [3.05, 3.63) is 29.8 Å². The van der Waals surface area contributed by atoms with Crippen molar-refractivity contribution in [3.63, 3.8) is 0 Å². The molecule has 0 radical (unpaired) electrons. The number of aryl methyl sites for hydroxylation is 1. The number of anilines is 1. The zero-order valence-corrected chi connectivity index (χ0v) is 24.1. The molecule has 0 saturated carbocycles. The van der Waals surface area contributed by atoms with E-state index < -0.39 is 18.0 Å². The third-order valence-corrected chi connectivity index (χ3v) is 6.63. The molecule has 39 heavy (non-hydrogen) atoms. The predicted octanol–water partition coefficient (Wildman–Crippen LogP) is 4.53. The molecule has 1 rings (SSSR count). The Kier molecular flexibility index (Phi) is 16.4. The van der Waals surface area contributed by atoms with Crippen LogP contribution in [0.25, 0.3) is 0 Å². The van der Waals surface area contributed by atoms with Gasteiger partial charge in [0.2, 0.25) is 11.8 Å². The summed E-state index contributed by atoms with van der Waals surface area (Å²) in [6, 6.07) is 5.91. The minimum absolute atomic E-state index is 0.0304. The number of carbonyl (C=O) groups is 5. The van der Waals surface area contributed by atoms with Gasteiger partial charge in [-0.2, -0.15) is 0 Å². The van der Waals surface area contributed by atoms with Crippen molar-refractivity contribution in [1.82, 2.24) is 10.6 Å². The molecule has 0 bridgehead atoms. The molecule has 0 spiro atoms. The molecule has 0 aliphatic heterocycles. The molecule has 0 aliphatic carbocycles. The molecule has 1 aromatic carbocycles. The highest BCUT2D eigenvalue weighted by atomic mass is 16.2. The van der Waals surface area contributed by atoms with Crippen LogP contribution in [0.15, 0.2) is 24.3 Å². The number of carbonyl (C=O) groups excluding carboxylic acids is 5. The maximum atomic E-state index is 13.3. The largest absolute Gasteiger partial charge is 0.352 e. The lowest BCUT2D eigenvalue weighted by Gasteiger charge is -2.24. The highest BCUT2D eigenvalue weighted by Crippen LogP contribution is 2.20. The fourth-order valence-corrected chi connectivity index (χ4v) is 4.36. The molecule has 9 nitrogen and oxygen atoms in total. The molecule has 2 atom stereocenters. The Balaban J connectivity index is 2.81. The number of Topliss-reactive ketones (excluding diaryl/α,β-unsaturated/α-hetero) is 1. The summed E-state index contributed by atoms with van der Waals surface area (Å²) in [7, 11) is 0. The first-order valence-corrected chi connectivity index (χ1v) is 14.2. The number of rotatable bonds is 20. The quantitative estimate of drug-likeness (QED) is 0.141. The molecule has 5 N–H and O–H groups in total. The second-order valence-electron chi connectivity index (χ2n) is 11.0. The first-order chi connectivity index (χ1) is 18.5. The number of unbranched alkanes of at least 4 members (excludes halogenated alkanes) is 2. The molecule has 1 aromatic rings. The minimum Gasteiger partial charge on any atom is -0.352 e. The van der Waals surface area contributed by atoms with Crippen LogP contribution in [0, 0.1) is 17.8 Å². The number of hydrogen-bond donors (Lipinski definition) is 4. The number of primary amides is 1. The molecule has 218 valence electrons. The van der Waals surface area contributed by atoms with Gasteiger partial charge in [-0.25, -0.2) is 4.79 Å². The average Bonchev–Trinajstić information content (AvgIpc) is 2.87. The van der Waals surface area contributed by atoms with E-state index in [1.165, 1.54) is 0 Å². The van der Waals surface area contributed by atoms with Crippen molar-refractivity contribution in [1.29, 1.82) is 0 Å². The van der Waals surface area contributed by atoms with E-state index in [1.54, 1.807) is 12.1 Å². The van der Waals surface area contributed by atoms with E-state index in [-0.39, 0.29) is 29.9 Å². The van der Waals surface area contributed by atoms with Gasteiger partial charge in [-0.15, -0.1) is 0 Å². The van der Waals surface area contributed by atoms with Gasteiger partial charge in [-0.1, -0.05) is 59.1 Å². The number of urea groups is 1. The summed E-state index contributed by atoms with van der Waals surface area (Å²) in [5, 5.41) is 8.28. The van der Waals surface area contributed by atoms with Crippen molar-refractivity contribution in [3.8, 4) is 0 Å². The summed E-state index contributed by atoms with van der Waals surface area (Å²) in [6.07, 6.45) is 7.08. The molecule has 0 saturated heterocycles. The minimum atomic E-state index is -0.677. The van der Waals surface area contributed by atoms with E-state index in [9.17, 15) is 24.0 Å². The van der Waals surface area contributed by atoms with Gasteiger partial charge in [-0.05, 0) is 55.2 Å². The van der Waals surface area contributed by atoms with E-state index in [4.69, 9.17) is 5.73 Å². The molecule has 0 fully saturated rings. The molecular formula is C30H48N4O5. The second-order valence-corrected chi connectivity index (χ2v) is 11.0. The zero-order chi connectivity index (χ0) is 29.2. The van der Waals surface area contributed by atoms with Gasteiger partial charge in [0, 0.05) is 37.4 Å². The third-order valence-electron chi connectivity index (χ3n) is 6.63. The zero-order valence-electron chi connectivity index (χ0n) is 24.1. The normalized spacial score (nSPS) is 12.6. The van der Waals surface area contributed by atoms with E-state index in [0.29, 0.717) is 50.3 Å². The average molecular weight is 545 g/mol. The van der Waals surface area contributed by atoms with Crippen LogP contribution in [0.2, 0.25) is 0 Å². The first kappa shape index (κ1) is 33.8. The number of benzene rings is 1. The van der Waals surface area contributed by atoms with Gasteiger partial charge in [0.25, 0.3) is 0 Å². The maximum absolute atomic E-state index is 13.3. The highest BCUT2D eigenvalue weighted by molar-refractivity contribution is 5.97. The Morgan fingerprint density at radius 3 is 2.21 bits per heavy atom. The summed E-state index contributed by atoms with van der Waals surface area (Å²) in [6.45, 7) is 8.41. The summed E-state index contributed by atoms with van der Waals surface area (Å²) in [5.74, 6) is -0.760. The third kappa shape index (κ3) is 15.1.